The zero-order valence-corrected chi connectivity index (χ0v) is 17.6. The molecular formula is C23H20N4O3S. The van der Waals surface area contributed by atoms with Gasteiger partial charge in [-0.3, -0.25) is 4.79 Å². The predicted octanol–water partition coefficient (Wildman–Crippen LogP) is 3.98. The van der Waals surface area contributed by atoms with E-state index in [2.05, 4.69) is 15.4 Å². The van der Waals surface area contributed by atoms with E-state index in [0.29, 0.717) is 11.5 Å². The summed E-state index contributed by atoms with van der Waals surface area (Å²) < 4.78 is 25.5. The van der Waals surface area contributed by atoms with Gasteiger partial charge in [-0.15, -0.1) is 5.10 Å². The zero-order valence-electron chi connectivity index (χ0n) is 16.8. The van der Waals surface area contributed by atoms with Gasteiger partial charge < -0.3 is 5.32 Å². The van der Waals surface area contributed by atoms with Crippen molar-refractivity contribution in [3.05, 3.63) is 90.8 Å². The van der Waals surface area contributed by atoms with Crippen LogP contribution in [0, 0.1) is 0 Å². The van der Waals surface area contributed by atoms with E-state index >= 15 is 0 Å². The number of rotatable bonds is 6. The third kappa shape index (κ3) is 4.39. The molecule has 3 aromatic carbocycles. The Morgan fingerprint density at radius 2 is 1.52 bits per heavy atom. The first-order valence-electron chi connectivity index (χ1n) is 9.70. The summed E-state index contributed by atoms with van der Waals surface area (Å²) in [6.45, 7) is 1.59. The average Bonchev–Trinajstić information content (AvgIpc) is 3.26. The van der Waals surface area contributed by atoms with Crippen LogP contribution in [0.4, 0.5) is 5.69 Å². The van der Waals surface area contributed by atoms with Gasteiger partial charge in [0.05, 0.1) is 16.3 Å². The van der Waals surface area contributed by atoms with E-state index in [1.807, 2.05) is 60.7 Å². The van der Waals surface area contributed by atoms with Gasteiger partial charge >= 0.3 is 0 Å². The number of aromatic nitrogens is 3. The summed E-state index contributed by atoms with van der Waals surface area (Å²) in [4.78, 5) is 17.5. The summed E-state index contributed by atoms with van der Waals surface area (Å²) in [6.07, 6.45) is 0. The van der Waals surface area contributed by atoms with Crippen LogP contribution in [0.1, 0.15) is 17.5 Å². The molecule has 0 aliphatic carbocycles. The lowest BCUT2D eigenvalue weighted by atomic mass is 10.2. The first kappa shape index (κ1) is 20.5. The van der Waals surface area contributed by atoms with Gasteiger partial charge in [0.25, 0.3) is 5.91 Å². The molecule has 0 aliphatic heterocycles. The first-order chi connectivity index (χ1) is 15.0. The average molecular weight is 433 g/mol. The highest BCUT2D eigenvalue weighted by atomic mass is 32.2. The van der Waals surface area contributed by atoms with Gasteiger partial charge in [0.15, 0.2) is 15.7 Å². The van der Waals surface area contributed by atoms with E-state index in [1.165, 1.54) is 12.1 Å². The fourth-order valence-electron chi connectivity index (χ4n) is 3.03. The van der Waals surface area contributed by atoms with Crippen LogP contribution in [0.3, 0.4) is 0 Å². The van der Waals surface area contributed by atoms with Crippen LogP contribution in [0.5, 0.6) is 0 Å². The van der Waals surface area contributed by atoms with Crippen molar-refractivity contribution in [2.75, 3.05) is 11.1 Å². The van der Waals surface area contributed by atoms with E-state index in [9.17, 15) is 13.2 Å². The number of hydrogen-bond donors (Lipinski definition) is 1. The molecule has 0 unspecified atom stereocenters. The summed E-state index contributed by atoms with van der Waals surface area (Å²) in [7, 11) is -3.30. The quantitative estimate of drug-likeness (QED) is 0.497. The van der Waals surface area contributed by atoms with Gasteiger partial charge in [-0.2, -0.15) is 0 Å². The molecule has 7 nitrogen and oxygen atoms in total. The molecule has 156 valence electrons. The first-order valence-corrected chi connectivity index (χ1v) is 11.4. The molecule has 0 saturated heterocycles. The Kier molecular flexibility index (Phi) is 5.64. The fourth-order valence-corrected chi connectivity index (χ4v) is 3.91. The summed E-state index contributed by atoms with van der Waals surface area (Å²) >= 11 is 0. The summed E-state index contributed by atoms with van der Waals surface area (Å²) in [5, 5.41) is 7.15. The van der Waals surface area contributed by atoms with Gasteiger partial charge in [-0.25, -0.2) is 18.1 Å². The second kappa shape index (κ2) is 8.53. The van der Waals surface area contributed by atoms with Crippen molar-refractivity contribution in [2.24, 2.45) is 0 Å². The third-order valence-corrected chi connectivity index (χ3v) is 6.44. The number of carbonyl (C=O) groups is 1. The molecule has 0 atom stereocenters. The zero-order chi connectivity index (χ0) is 21.8. The Hall–Kier alpha value is -3.78. The van der Waals surface area contributed by atoms with Gasteiger partial charge in [-0.1, -0.05) is 55.5 Å². The van der Waals surface area contributed by atoms with Crippen molar-refractivity contribution in [2.45, 2.75) is 11.8 Å². The van der Waals surface area contributed by atoms with E-state index in [4.69, 9.17) is 0 Å². The number of nitrogens with zero attached hydrogens (tertiary/aromatic N) is 3. The lowest BCUT2D eigenvalue weighted by Crippen LogP contribution is -2.14. The molecule has 4 rings (SSSR count). The summed E-state index contributed by atoms with van der Waals surface area (Å²) in [6, 6.07) is 25.0. The minimum absolute atomic E-state index is 0.00737. The normalized spacial score (nSPS) is 11.3. The van der Waals surface area contributed by atoms with Crippen molar-refractivity contribution in [1.29, 1.82) is 0 Å². The van der Waals surface area contributed by atoms with Crippen LogP contribution >= 0.6 is 0 Å². The van der Waals surface area contributed by atoms with Crippen molar-refractivity contribution >= 4 is 21.4 Å². The topological polar surface area (TPSA) is 94.0 Å². The Bertz CT molecular complexity index is 1240. The van der Waals surface area contributed by atoms with Crippen LogP contribution < -0.4 is 5.32 Å². The molecule has 1 N–H and O–H groups in total. The summed E-state index contributed by atoms with van der Waals surface area (Å²) in [5.74, 6) is 0.0780. The molecule has 0 fully saturated rings. The highest BCUT2D eigenvalue weighted by Crippen LogP contribution is 2.22. The number of anilines is 1. The maximum atomic E-state index is 12.8. The van der Waals surface area contributed by atoms with Crippen LogP contribution in [0.25, 0.3) is 17.1 Å². The maximum absolute atomic E-state index is 12.8. The van der Waals surface area contributed by atoms with Gasteiger partial charge in [0.1, 0.15) is 0 Å². The minimum atomic E-state index is -3.30. The number of carbonyl (C=O) groups excluding carboxylic acids is 1. The Labute approximate surface area is 180 Å². The highest BCUT2D eigenvalue weighted by molar-refractivity contribution is 7.91. The van der Waals surface area contributed by atoms with Gasteiger partial charge in [0, 0.05) is 11.3 Å². The Balaban J connectivity index is 1.65. The number of amides is 1. The van der Waals surface area contributed by atoms with E-state index in [1.54, 1.807) is 23.7 Å². The number of para-hydroxylation sites is 1. The molecule has 8 heteroatoms. The molecule has 4 aromatic rings. The molecule has 0 spiro atoms. The van der Waals surface area contributed by atoms with Crippen LogP contribution in [-0.4, -0.2) is 34.8 Å². The molecule has 1 aromatic heterocycles. The molecule has 0 saturated carbocycles. The van der Waals surface area contributed by atoms with Crippen molar-refractivity contribution in [3.8, 4) is 17.1 Å². The molecule has 1 amide bonds. The van der Waals surface area contributed by atoms with Crippen LogP contribution in [0.15, 0.2) is 89.8 Å². The summed E-state index contributed by atoms with van der Waals surface area (Å²) in [5.41, 5.74) is 2.06. The molecule has 0 aliphatic rings. The van der Waals surface area contributed by atoms with Gasteiger partial charge in [0.2, 0.25) is 5.82 Å². The number of benzene rings is 3. The van der Waals surface area contributed by atoms with E-state index in [0.717, 1.165) is 11.3 Å². The number of sulfone groups is 1. The predicted molar refractivity (Wildman–Crippen MR) is 119 cm³/mol. The number of nitrogens with one attached hydrogen (secondary N) is 1. The van der Waals surface area contributed by atoms with E-state index in [-0.39, 0.29) is 16.5 Å². The second-order valence-electron chi connectivity index (χ2n) is 6.75. The smallest absolute Gasteiger partial charge is 0.295 e. The second-order valence-corrected chi connectivity index (χ2v) is 9.03. The molecular weight excluding hydrogens is 412 g/mol. The Morgan fingerprint density at radius 1 is 0.903 bits per heavy atom. The van der Waals surface area contributed by atoms with Gasteiger partial charge in [-0.05, 0) is 36.4 Å². The van der Waals surface area contributed by atoms with Crippen molar-refractivity contribution < 1.29 is 13.2 Å². The molecule has 0 radical (unpaired) electrons. The Morgan fingerprint density at radius 3 is 2.13 bits per heavy atom. The lowest BCUT2D eigenvalue weighted by Gasteiger charge is -2.05. The molecule has 31 heavy (non-hydrogen) atoms. The van der Waals surface area contributed by atoms with Crippen LogP contribution in [-0.2, 0) is 9.84 Å². The monoisotopic (exact) mass is 432 g/mol. The maximum Gasteiger partial charge on any atom is 0.295 e. The minimum Gasteiger partial charge on any atom is -0.319 e. The largest absolute Gasteiger partial charge is 0.319 e. The number of hydrogen-bond acceptors (Lipinski definition) is 5. The van der Waals surface area contributed by atoms with E-state index < -0.39 is 15.7 Å². The lowest BCUT2D eigenvalue weighted by molar-refractivity contribution is 0.101. The highest BCUT2D eigenvalue weighted by Gasteiger charge is 2.19. The third-order valence-electron chi connectivity index (χ3n) is 4.69. The van der Waals surface area contributed by atoms with Crippen LogP contribution in [0.2, 0.25) is 0 Å². The standard InChI is InChI=1S/C23H20N4O3S/c1-2-31(29,30)20-15-13-18(14-16-20)24-23(28)21-25-22(17-9-5-3-6-10-17)27(26-21)19-11-7-4-8-12-19/h3-16H,2H2,1H3,(H,24,28). The van der Waals surface area contributed by atoms with Crippen molar-refractivity contribution in [1.82, 2.24) is 14.8 Å². The molecule has 0 bridgehead atoms. The fraction of sp³-hybridized carbons (Fsp3) is 0.0870. The molecule has 1 heterocycles. The SMILES string of the molecule is CCS(=O)(=O)c1ccc(NC(=O)c2nc(-c3ccccc3)n(-c3ccccc3)n2)cc1. The van der Waals surface area contributed by atoms with Crippen molar-refractivity contribution in [3.63, 3.8) is 0 Å².